The van der Waals surface area contributed by atoms with Crippen molar-refractivity contribution in [3.05, 3.63) is 95.8 Å². The lowest BCUT2D eigenvalue weighted by Crippen LogP contribution is -2.53. The van der Waals surface area contributed by atoms with E-state index in [1.165, 1.54) is 17.0 Å². The van der Waals surface area contributed by atoms with Gasteiger partial charge in [0.15, 0.2) is 0 Å². The van der Waals surface area contributed by atoms with Crippen molar-refractivity contribution in [1.82, 2.24) is 10.2 Å². The van der Waals surface area contributed by atoms with E-state index in [0.29, 0.717) is 24.5 Å². The number of hydrogen-bond donors (Lipinski definition) is 1. The summed E-state index contributed by atoms with van der Waals surface area (Å²) in [6.07, 6.45) is 2.88. The summed E-state index contributed by atoms with van der Waals surface area (Å²) in [7, 11) is -3.93. The highest BCUT2D eigenvalue weighted by molar-refractivity contribution is 7.92. The molecule has 0 aliphatic rings. The number of para-hydroxylation sites is 2. The minimum Gasteiger partial charge on any atom is -0.492 e. The van der Waals surface area contributed by atoms with Crippen LogP contribution in [-0.2, 0) is 32.6 Å². The van der Waals surface area contributed by atoms with E-state index in [2.05, 4.69) is 5.32 Å². The number of sulfonamides is 1. The molecule has 2 amide bonds. The van der Waals surface area contributed by atoms with Gasteiger partial charge >= 0.3 is 0 Å². The summed E-state index contributed by atoms with van der Waals surface area (Å²) in [5, 5.41) is 2.93. The topological polar surface area (TPSA) is 96.0 Å². The lowest BCUT2D eigenvalue weighted by molar-refractivity contribution is -0.140. The van der Waals surface area contributed by atoms with Crippen LogP contribution in [0.3, 0.4) is 0 Å². The molecule has 1 N–H and O–H groups in total. The van der Waals surface area contributed by atoms with Gasteiger partial charge in [0.05, 0.1) is 18.6 Å². The molecule has 3 aromatic rings. The smallest absolute Gasteiger partial charge is 0.244 e. The number of hydrogen-bond acceptors (Lipinski definition) is 5. The number of carbonyl (C=O) groups is 2. The third-order valence-electron chi connectivity index (χ3n) is 6.48. The number of anilines is 1. The molecule has 0 aliphatic heterocycles. The number of halogens is 1. The highest BCUT2D eigenvalue weighted by Gasteiger charge is 2.33. The fourth-order valence-electron chi connectivity index (χ4n) is 4.38. The van der Waals surface area contributed by atoms with Crippen molar-refractivity contribution in [3.63, 3.8) is 0 Å². The molecular weight excluding hydrogens is 545 g/mol. The first kappa shape index (κ1) is 31.6. The third-order valence-corrected chi connectivity index (χ3v) is 7.61. The second-order valence-electron chi connectivity index (χ2n) is 9.67. The molecule has 220 valence electrons. The van der Waals surface area contributed by atoms with Crippen LogP contribution >= 0.6 is 0 Å². The Morgan fingerprint density at radius 1 is 0.927 bits per heavy atom. The molecule has 0 saturated heterocycles. The Kier molecular flexibility index (Phi) is 11.7. The zero-order valence-electron chi connectivity index (χ0n) is 23.8. The van der Waals surface area contributed by atoms with Crippen molar-refractivity contribution < 1.29 is 27.1 Å². The highest BCUT2D eigenvalue weighted by atomic mass is 32.2. The molecule has 0 fully saturated rings. The van der Waals surface area contributed by atoms with Crippen molar-refractivity contribution in [2.75, 3.05) is 30.3 Å². The monoisotopic (exact) mass is 583 g/mol. The summed E-state index contributed by atoms with van der Waals surface area (Å²) >= 11 is 0. The Bertz CT molecular complexity index is 1380. The maximum absolute atomic E-state index is 14.1. The van der Waals surface area contributed by atoms with E-state index in [4.69, 9.17) is 4.74 Å². The van der Waals surface area contributed by atoms with Crippen LogP contribution in [0.2, 0.25) is 0 Å². The fraction of sp³-hybridized carbons (Fsp3) is 0.355. The van der Waals surface area contributed by atoms with E-state index in [1.54, 1.807) is 43.3 Å². The maximum Gasteiger partial charge on any atom is 0.244 e. The Hall–Kier alpha value is -3.92. The molecule has 0 unspecified atom stereocenters. The highest BCUT2D eigenvalue weighted by Crippen LogP contribution is 2.30. The van der Waals surface area contributed by atoms with E-state index >= 15 is 0 Å². The predicted molar refractivity (Wildman–Crippen MR) is 159 cm³/mol. The van der Waals surface area contributed by atoms with Crippen LogP contribution in [0.5, 0.6) is 5.75 Å². The molecule has 1 atom stereocenters. The van der Waals surface area contributed by atoms with Gasteiger partial charge in [-0.3, -0.25) is 13.9 Å². The molecule has 8 nitrogen and oxygen atoms in total. The number of amides is 2. The maximum atomic E-state index is 14.1. The fourth-order valence-corrected chi connectivity index (χ4v) is 5.24. The number of carbonyl (C=O) groups excluding carboxylic acids is 2. The number of nitrogens with zero attached hydrogens (tertiary/aromatic N) is 2. The second kappa shape index (κ2) is 15.2. The first-order valence-electron chi connectivity index (χ1n) is 13.7. The second-order valence-corrected chi connectivity index (χ2v) is 11.6. The number of benzene rings is 3. The molecule has 41 heavy (non-hydrogen) atoms. The van der Waals surface area contributed by atoms with Crippen LogP contribution in [0.4, 0.5) is 10.1 Å². The molecule has 0 saturated carbocycles. The lowest BCUT2D eigenvalue weighted by atomic mass is 10.0. The number of rotatable bonds is 15. The Morgan fingerprint density at radius 3 is 2.22 bits per heavy atom. The first-order chi connectivity index (χ1) is 19.6. The summed E-state index contributed by atoms with van der Waals surface area (Å²) in [5.74, 6) is -1.05. The van der Waals surface area contributed by atoms with Gasteiger partial charge in [-0.1, -0.05) is 67.9 Å². The van der Waals surface area contributed by atoms with Gasteiger partial charge in [0, 0.05) is 19.5 Å². The largest absolute Gasteiger partial charge is 0.492 e. The predicted octanol–water partition coefficient (Wildman–Crippen LogP) is 4.55. The standard InChI is InChI=1S/C31H38FN3O5S/c1-4-6-20-33-31(37)28(21-24-12-8-7-9-13-24)34(22-25-16-18-26(32)19-17-25)30(36)23-35(41(3,38)39)27-14-10-11-15-29(27)40-5-2/h7-19,28H,4-6,20-23H2,1-3H3,(H,33,37)/t28-/m0/s1. The van der Waals surface area contributed by atoms with Crippen molar-refractivity contribution in [2.45, 2.75) is 45.7 Å². The molecule has 0 aromatic heterocycles. The van der Waals surface area contributed by atoms with Gasteiger partial charge in [-0.2, -0.15) is 0 Å². The van der Waals surface area contributed by atoms with Gasteiger partial charge in [-0.05, 0) is 48.7 Å². The number of ether oxygens (including phenoxy) is 1. The van der Waals surface area contributed by atoms with Crippen LogP contribution in [-0.4, -0.2) is 57.1 Å². The molecule has 3 aromatic carbocycles. The SMILES string of the molecule is CCCCNC(=O)[C@H](Cc1ccccc1)N(Cc1ccc(F)cc1)C(=O)CN(c1ccccc1OCC)S(C)(=O)=O. The van der Waals surface area contributed by atoms with Crippen molar-refractivity contribution in [2.24, 2.45) is 0 Å². The molecular formula is C31H38FN3O5S. The first-order valence-corrected chi connectivity index (χ1v) is 15.5. The van der Waals surface area contributed by atoms with E-state index in [9.17, 15) is 22.4 Å². The van der Waals surface area contributed by atoms with Crippen LogP contribution in [0.1, 0.15) is 37.8 Å². The summed E-state index contributed by atoms with van der Waals surface area (Å²) in [5.41, 5.74) is 1.65. The lowest BCUT2D eigenvalue weighted by Gasteiger charge is -2.33. The molecule has 0 radical (unpaired) electrons. The summed E-state index contributed by atoms with van der Waals surface area (Å²) < 4.78 is 46.3. The van der Waals surface area contributed by atoms with Crippen LogP contribution < -0.4 is 14.4 Å². The van der Waals surface area contributed by atoms with Crippen LogP contribution in [0.15, 0.2) is 78.9 Å². The molecule has 0 heterocycles. The zero-order chi connectivity index (χ0) is 29.8. The average molecular weight is 584 g/mol. The molecule has 10 heteroatoms. The number of nitrogens with one attached hydrogen (secondary N) is 1. The summed E-state index contributed by atoms with van der Waals surface area (Å²) in [6.45, 7) is 3.95. The van der Waals surface area contributed by atoms with Crippen LogP contribution in [0.25, 0.3) is 0 Å². The molecule has 0 bridgehead atoms. The Balaban J connectivity index is 2.05. The summed E-state index contributed by atoms with van der Waals surface area (Å²) in [4.78, 5) is 29.1. The van der Waals surface area contributed by atoms with Gasteiger partial charge in [-0.15, -0.1) is 0 Å². The third kappa shape index (κ3) is 9.31. The van der Waals surface area contributed by atoms with E-state index in [0.717, 1.165) is 29.0 Å². The number of unbranched alkanes of at least 4 members (excludes halogenated alkanes) is 1. The molecule has 3 rings (SSSR count). The normalized spacial score (nSPS) is 11.9. The van der Waals surface area contributed by atoms with Gasteiger partial charge in [0.2, 0.25) is 21.8 Å². The van der Waals surface area contributed by atoms with Gasteiger partial charge in [0.1, 0.15) is 24.2 Å². The summed E-state index contributed by atoms with van der Waals surface area (Å²) in [6, 6.07) is 20.6. The van der Waals surface area contributed by atoms with Gasteiger partial charge in [-0.25, -0.2) is 12.8 Å². The molecule has 0 spiro atoms. The van der Waals surface area contributed by atoms with Gasteiger partial charge < -0.3 is 15.0 Å². The van der Waals surface area contributed by atoms with E-state index < -0.39 is 34.3 Å². The average Bonchev–Trinajstić information content (AvgIpc) is 2.95. The minimum atomic E-state index is -3.93. The Labute approximate surface area is 242 Å². The van der Waals surface area contributed by atoms with Crippen LogP contribution in [0, 0.1) is 5.82 Å². The van der Waals surface area contributed by atoms with E-state index in [-0.39, 0.29) is 24.6 Å². The quantitative estimate of drug-likeness (QED) is 0.265. The minimum absolute atomic E-state index is 0.0253. The molecule has 0 aliphatic carbocycles. The van der Waals surface area contributed by atoms with Crippen molar-refractivity contribution in [3.8, 4) is 5.75 Å². The van der Waals surface area contributed by atoms with Crippen molar-refractivity contribution >= 4 is 27.5 Å². The zero-order valence-corrected chi connectivity index (χ0v) is 24.6. The Morgan fingerprint density at radius 2 is 1.59 bits per heavy atom. The van der Waals surface area contributed by atoms with E-state index in [1.807, 2.05) is 37.3 Å². The van der Waals surface area contributed by atoms with Crippen molar-refractivity contribution in [1.29, 1.82) is 0 Å². The van der Waals surface area contributed by atoms with Gasteiger partial charge in [0.25, 0.3) is 0 Å².